The molecular weight excluding hydrogens is 479 g/mol. The largest absolute Gasteiger partial charge is 0.384 e. The Bertz CT molecular complexity index is 1770. The van der Waals surface area contributed by atoms with Crippen LogP contribution in [0.5, 0.6) is 0 Å². The van der Waals surface area contributed by atoms with Gasteiger partial charge < -0.3 is 15.2 Å². The summed E-state index contributed by atoms with van der Waals surface area (Å²) in [4.78, 5) is 19.5. The second-order valence-corrected chi connectivity index (χ2v) is 9.60. The van der Waals surface area contributed by atoms with Crippen LogP contribution in [0, 0.1) is 12.7 Å². The van der Waals surface area contributed by atoms with Crippen LogP contribution in [-0.2, 0) is 0 Å². The molecule has 0 amide bonds. The number of aromatic nitrogens is 6. The highest BCUT2D eigenvalue weighted by atomic mass is 19.1. The molecule has 3 N–H and O–H groups in total. The highest BCUT2D eigenvalue weighted by Crippen LogP contribution is 2.33. The minimum absolute atomic E-state index is 0.302. The lowest BCUT2D eigenvalue weighted by Gasteiger charge is -2.13. The van der Waals surface area contributed by atoms with E-state index in [-0.39, 0.29) is 5.82 Å². The molecule has 0 aliphatic heterocycles. The Labute approximate surface area is 219 Å². The van der Waals surface area contributed by atoms with Gasteiger partial charge in [-0.05, 0) is 74.6 Å². The lowest BCUT2D eigenvalue weighted by atomic mass is 10.0. The van der Waals surface area contributed by atoms with Gasteiger partial charge in [-0.15, -0.1) is 0 Å². The molecule has 0 bridgehead atoms. The van der Waals surface area contributed by atoms with Gasteiger partial charge in [0.05, 0.1) is 22.2 Å². The molecule has 8 nitrogen and oxygen atoms in total. The molecule has 0 saturated heterocycles. The first kappa shape index (κ1) is 23.7. The number of aromatic amines is 2. The van der Waals surface area contributed by atoms with Gasteiger partial charge in [0.1, 0.15) is 11.3 Å². The molecule has 4 aromatic heterocycles. The highest BCUT2D eigenvalue weighted by Gasteiger charge is 2.17. The number of rotatable bonds is 7. The average Bonchev–Trinajstić information content (AvgIpc) is 3.52. The highest BCUT2D eigenvalue weighted by molar-refractivity contribution is 5.96. The number of nitrogens with zero attached hydrogens (tertiary/aromatic N) is 5. The molecule has 6 aromatic rings. The van der Waals surface area contributed by atoms with Crippen molar-refractivity contribution in [3.63, 3.8) is 0 Å². The SMILES string of the molecule is Cc1ccncc1-c1ccc2[nH]nc(-c3nc4c(-c5cc(F)cc(NCCN(C)C)c5)cccc4[nH]3)c2n1. The van der Waals surface area contributed by atoms with Crippen LogP contribution in [-0.4, -0.2) is 62.2 Å². The second kappa shape index (κ2) is 9.68. The van der Waals surface area contributed by atoms with Crippen LogP contribution in [0.3, 0.4) is 0 Å². The van der Waals surface area contributed by atoms with Gasteiger partial charge in [-0.25, -0.2) is 14.4 Å². The van der Waals surface area contributed by atoms with E-state index in [0.717, 1.165) is 56.7 Å². The molecule has 38 heavy (non-hydrogen) atoms. The van der Waals surface area contributed by atoms with E-state index < -0.39 is 0 Å². The molecule has 2 aromatic carbocycles. The molecule has 0 unspecified atom stereocenters. The number of halogens is 1. The standard InChI is InChI=1S/C29H27FN8/c1-17-9-10-31-16-22(17)23-7-8-25-27(33-23)28(37-36-25)29-34-24-6-4-5-21(26(24)35-29)18-13-19(30)15-20(14-18)32-11-12-38(2)3/h4-10,13-16,32H,11-12H2,1-3H3,(H,34,35)(H,36,37). The Morgan fingerprint density at radius 1 is 0.947 bits per heavy atom. The van der Waals surface area contributed by atoms with Gasteiger partial charge in [0, 0.05) is 42.3 Å². The average molecular weight is 507 g/mol. The van der Waals surface area contributed by atoms with E-state index in [2.05, 4.69) is 30.4 Å². The van der Waals surface area contributed by atoms with Crippen molar-refractivity contribution in [2.24, 2.45) is 0 Å². The maximum Gasteiger partial charge on any atom is 0.161 e. The monoisotopic (exact) mass is 506 g/mol. The normalized spacial score (nSPS) is 11.6. The van der Waals surface area contributed by atoms with E-state index in [4.69, 9.17) is 9.97 Å². The number of imidazole rings is 1. The van der Waals surface area contributed by atoms with E-state index in [9.17, 15) is 4.39 Å². The molecule has 9 heteroatoms. The van der Waals surface area contributed by atoms with Crippen LogP contribution < -0.4 is 5.32 Å². The molecule has 0 radical (unpaired) electrons. The molecule has 0 aliphatic rings. The summed E-state index contributed by atoms with van der Waals surface area (Å²) in [6.07, 6.45) is 3.59. The second-order valence-electron chi connectivity index (χ2n) is 9.60. The number of hydrogen-bond acceptors (Lipinski definition) is 6. The minimum atomic E-state index is -0.302. The first-order valence-corrected chi connectivity index (χ1v) is 12.4. The molecule has 0 spiro atoms. The smallest absolute Gasteiger partial charge is 0.161 e. The van der Waals surface area contributed by atoms with Crippen molar-refractivity contribution >= 4 is 27.8 Å². The van der Waals surface area contributed by atoms with Crippen LogP contribution in [0.1, 0.15) is 5.56 Å². The molecule has 0 fully saturated rings. The first-order chi connectivity index (χ1) is 18.5. The van der Waals surface area contributed by atoms with Crippen molar-refractivity contribution in [1.29, 1.82) is 0 Å². The van der Waals surface area contributed by atoms with Crippen LogP contribution in [0.4, 0.5) is 10.1 Å². The Kier molecular flexibility index (Phi) is 6.05. The molecular formula is C29H27FN8. The van der Waals surface area contributed by atoms with E-state index in [1.165, 1.54) is 12.1 Å². The zero-order valence-corrected chi connectivity index (χ0v) is 21.4. The molecule has 0 saturated carbocycles. The third-order valence-electron chi connectivity index (χ3n) is 6.56. The maximum absolute atomic E-state index is 14.6. The summed E-state index contributed by atoms with van der Waals surface area (Å²) in [6.45, 7) is 3.60. The van der Waals surface area contributed by atoms with Gasteiger partial charge in [-0.3, -0.25) is 10.1 Å². The van der Waals surface area contributed by atoms with Crippen LogP contribution in [0.2, 0.25) is 0 Å². The summed E-state index contributed by atoms with van der Waals surface area (Å²) in [7, 11) is 4.01. The third-order valence-corrected chi connectivity index (χ3v) is 6.56. The lowest BCUT2D eigenvalue weighted by molar-refractivity contribution is 0.425. The zero-order valence-electron chi connectivity index (χ0n) is 21.4. The number of pyridine rings is 2. The summed E-state index contributed by atoms with van der Waals surface area (Å²) in [5.41, 5.74) is 8.91. The number of benzene rings is 2. The summed E-state index contributed by atoms with van der Waals surface area (Å²) in [5.74, 6) is 0.287. The lowest BCUT2D eigenvalue weighted by Crippen LogP contribution is -2.20. The Hall–Kier alpha value is -4.63. The number of H-pyrrole nitrogens is 2. The number of anilines is 1. The fourth-order valence-corrected chi connectivity index (χ4v) is 4.59. The van der Waals surface area contributed by atoms with Crippen LogP contribution in [0.15, 0.2) is 67.0 Å². The zero-order chi connectivity index (χ0) is 26.2. The fourth-order valence-electron chi connectivity index (χ4n) is 4.59. The fraction of sp³-hybridized carbons (Fsp3) is 0.172. The predicted octanol–water partition coefficient (Wildman–Crippen LogP) is 5.65. The van der Waals surface area contributed by atoms with Crippen molar-refractivity contribution < 1.29 is 4.39 Å². The number of fused-ring (bicyclic) bond motifs is 2. The number of aryl methyl sites for hydroxylation is 1. The van der Waals surface area contributed by atoms with Crippen molar-refractivity contribution in [3.05, 3.63) is 78.4 Å². The third kappa shape index (κ3) is 4.48. The van der Waals surface area contributed by atoms with E-state index >= 15 is 0 Å². The van der Waals surface area contributed by atoms with Crippen LogP contribution in [0.25, 0.3) is 56.0 Å². The molecule has 190 valence electrons. The van der Waals surface area contributed by atoms with E-state index in [1.54, 1.807) is 6.20 Å². The summed E-state index contributed by atoms with van der Waals surface area (Å²) < 4.78 is 14.6. The molecule has 0 aliphatic carbocycles. The Morgan fingerprint density at radius 3 is 2.68 bits per heavy atom. The Morgan fingerprint density at radius 2 is 1.84 bits per heavy atom. The molecule has 4 heterocycles. The number of likely N-dealkylation sites (N-methyl/N-ethyl adjacent to an activating group) is 1. The first-order valence-electron chi connectivity index (χ1n) is 12.4. The number of nitrogens with one attached hydrogen (secondary N) is 3. The Balaban J connectivity index is 1.41. The van der Waals surface area contributed by atoms with Crippen molar-refractivity contribution in [2.75, 3.05) is 32.5 Å². The van der Waals surface area contributed by atoms with E-state index in [1.807, 2.05) is 69.7 Å². The van der Waals surface area contributed by atoms with Gasteiger partial charge in [-0.2, -0.15) is 5.10 Å². The topological polar surface area (TPSA) is 98.4 Å². The molecule has 6 rings (SSSR count). The predicted molar refractivity (Wildman–Crippen MR) is 149 cm³/mol. The van der Waals surface area contributed by atoms with Crippen molar-refractivity contribution in [3.8, 4) is 33.9 Å². The van der Waals surface area contributed by atoms with E-state index in [0.29, 0.717) is 23.6 Å². The summed E-state index contributed by atoms with van der Waals surface area (Å²) >= 11 is 0. The molecule has 0 atom stereocenters. The number of hydrogen-bond donors (Lipinski definition) is 3. The minimum Gasteiger partial charge on any atom is -0.384 e. The summed E-state index contributed by atoms with van der Waals surface area (Å²) in [6, 6.07) is 16.7. The van der Waals surface area contributed by atoms with Gasteiger partial charge in [-0.1, -0.05) is 12.1 Å². The van der Waals surface area contributed by atoms with Gasteiger partial charge in [0.15, 0.2) is 11.5 Å². The van der Waals surface area contributed by atoms with Gasteiger partial charge >= 0.3 is 0 Å². The van der Waals surface area contributed by atoms with Crippen LogP contribution >= 0.6 is 0 Å². The summed E-state index contributed by atoms with van der Waals surface area (Å²) in [5, 5.41) is 10.9. The van der Waals surface area contributed by atoms with Gasteiger partial charge in [0.25, 0.3) is 0 Å². The van der Waals surface area contributed by atoms with Crippen molar-refractivity contribution in [2.45, 2.75) is 6.92 Å². The van der Waals surface area contributed by atoms with Gasteiger partial charge in [0.2, 0.25) is 0 Å². The maximum atomic E-state index is 14.6. The van der Waals surface area contributed by atoms with Crippen molar-refractivity contribution in [1.82, 2.24) is 35.0 Å². The quantitative estimate of drug-likeness (QED) is 0.259. The number of para-hydroxylation sites is 1.